The van der Waals surface area contributed by atoms with Gasteiger partial charge in [0.15, 0.2) is 11.5 Å². The Morgan fingerprint density at radius 2 is 1.81 bits per heavy atom. The number of carbonyl (C=O) groups is 2. The molecular weight excluding hydrogens is 394 g/mol. The zero-order chi connectivity index (χ0) is 21.8. The van der Waals surface area contributed by atoms with Crippen LogP contribution in [0.5, 0.6) is 11.5 Å². The number of fused-ring (bicyclic) bond motifs is 1. The molecule has 0 aliphatic carbocycles. The number of benzene rings is 2. The standard InChI is InChI=1S/C24H23N3O4/c1-30-20-11-10-16(13-21(20)31-2)15-26-22(28)14-19-23-18(9-6-12-25-23)24(29)27(19)17-7-4-3-5-8-17/h3-13,19H,14-15H2,1-2H3,(H,26,28). The zero-order valence-electron chi connectivity index (χ0n) is 17.4. The lowest BCUT2D eigenvalue weighted by Gasteiger charge is -2.24. The number of hydrogen-bond acceptors (Lipinski definition) is 5. The Bertz CT molecular complexity index is 1100. The van der Waals surface area contributed by atoms with Crippen molar-refractivity contribution in [1.29, 1.82) is 0 Å². The zero-order valence-corrected chi connectivity index (χ0v) is 17.4. The number of aromatic nitrogens is 1. The Morgan fingerprint density at radius 3 is 2.55 bits per heavy atom. The van der Waals surface area contributed by atoms with Crippen molar-refractivity contribution < 1.29 is 19.1 Å². The summed E-state index contributed by atoms with van der Waals surface area (Å²) in [5.74, 6) is 0.909. The van der Waals surface area contributed by atoms with Gasteiger partial charge in [-0.2, -0.15) is 0 Å². The molecule has 0 saturated carbocycles. The van der Waals surface area contributed by atoms with E-state index >= 15 is 0 Å². The van der Waals surface area contributed by atoms with Gasteiger partial charge >= 0.3 is 0 Å². The molecule has 0 spiro atoms. The molecule has 0 fully saturated rings. The van der Waals surface area contributed by atoms with Crippen LogP contribution in [-0.2, 0) is 11.3 Å². The molecule has 2 amide bonds. The van der Waals surface area contributed by atoms with Crippen LogP contribution in [-0.4, -0.2) is 31.0 Å². The number of hydrogen-bond donors (Lipinski definition) is 1. The van der Waals surface area contributed by atoms with Crippen LogP contribution in [0, 0.1) is 0 Å². The van der Waals surface area contributed by atoms with E-state index in [1.165, 1.54) is 0 Å². The molecular formula is C24H23N3O4. The van der Waals surface area contributed by atoms with Crippen molar-refractivity contribution in [1.82, 2.24) is 10.3 Å². The minimum absolute atomic E-state index is 0.109. The summed E-state index contributed by atoms with van der Waals surface area (Å²) >= 11 is 0. The number of nitrogens with one attached hydrogen (secondary N) is 1. The lowest BCUT2D eigenvalue weighted by Crippen LogP contribution is -2.32. The normalized spacial score (nSPS) is 14.8. The van der Waals surface area contributed by atoms with Crippen molar-refractivity contribution in [3.8, 4) is 11.5 Å². The fraction of sp³-hybridized carbons (Fsp3) is 0.208. The third kappa shape index (κ3) is 4.07. The lowest BCUT2D eigenvalue weighted by molar-refractivity contribution is -0.121. The van der Waals surface area contributed by atoms with E-state index in [4.69, 9.17) is 9.47 Å². The van der Waals surface area contributed by atoms with Crippen LogP contribution in [0.2, 0.25) is 0 Å². The third-order valence-electron chi connectivity index (χ3n) is 5.27. The summed E-state index contributed by atoms with van der Waals surface area (Å²) in [6.07, 6.45) is 1.76. The molecule has 1 atom stereocenters. The first kappa shape index (κ1) is 20.4. The molecule has 0 saturated heterocycles. The summed E-state index contributed by atoms with van der Waals surface area (Å²) < 4.78 is 10.6. The van der Waals surface area contributed by atoms with E-state index in [1.54, 1.807) is 43.5 Å². The van der Waals surface area contributed by atoms with E-state index in [-0.39, 0.29) is 18.2 Å². The Labute approximate surface area is 180 Å². The van der Waals surface area contributed by atoms with Gasteiger partial charge in [-0.3, -0.25) is 19.5 Å². The predicted octanol–water partition coefficient (Wildman–Crippen LogP) is 3.51. The number of anilines is 1. The lowest BCUT2D eigenvalue weighted by atomic mass is 10.1. The topological polar surface area (TPSA) is 80.8 Å². The fourth-order valence-electron chi connectivity index (χ4n) is 3.77. The monoisotopic (exact) mass is 417 g/mol. The molecule has 1 unspecified atom stereocenters. The summed E-state index contributed by atoms with van der Waals surface area (Å²) in [4.78, 5) is 31.9. The maximum absolute atomic E-state index is 13.0. The molecule has 31 heavy (non-hydrogen) atoms. The highest BCUT2D eigenvalue weighted by Gasteiger charge is 2.39. The number of rotatable bonds is 7. The van der Waals surface area contributed by atoms with Gasteiger partial charge in [0.2, 0.25) is 5.91 Å². The Hall–Kier alpha value is -3.87. The highest BCUT2D eigenvalue weighted by molar-refractivity contribution is 6.11. The highest BCUT2D eigenvalue weighted by Crippen LogP contribution is 2.38. The summed E-state index contributed by atoms with van der Waals surface area (Å²) in [5, 5.41) is 2.93. The first-order valence-electron chi connectivity index (χ1n) is 9.93. The molecule has 0 radical (unpaired) electrons. The number of methoxy groups -OCH3 is 2. The molecule has 0 bridgehead atoms. The van der Waals surface area contributed by atoms with E-state index in [0.717, 1.165) is 11.3 Å². The van der Waals surface area contributed by atoms with Crippen molar-refractivity contribution >= 4 is 17.5 Å². The van der Waals surface area contributed by atoms with Crippen molar-refractivity contribution in [2.45, 2.75) is 19.0 Å². The largest absolute Gasteiger partial charge is 0.493 e. The SMILES string of the molecule is COc1ccc(CNC(=O)CC2c3ncccc3C(=O)N2c2ccccc2)cc1OC. The average molecular weight is 417 g/mol. The van der Waals surface area contributed by atoms with Gasteiger partial charge in [-0.05, 0) is 42.0 Å². The fourth-order valence-corrected chi connectivity index (χ4v) is 3.77. The van der Waals surface area contributed by atoms with Crippen molar-refractivity contribution in [3.63, 3.8) is 0 Å². The molecule has 7 nitrogen and oxygen atoms in total. The van der Waals surface area contributed by atoms with E-state index in [2.05, 4.69) is 10.3 Å². The van der Waals surface area contributed by atoms with Crippen LogP contribution in [0.4, 0.5) is 5.69 Å². The molecule has 7 heteroatoms. The second kappa shape index (κ2) is 8.87. The van der Waals surface area contributed by atoms with Gasteiger partial charge in [-0.1, -0.05) is 24.3 Å². The van der Waals surface area contributed by atoms with Gasteiger partial charge in [0.05, 0.1) is 37.9 Å². The van der Waals surface area contributed by atoms with Crippen LogP contribution in [0.3, 0.4) is 0 Å². The summed E-state index contributed by atoms with van der Waals surface area (Å²) in [6.45, 7) is 0.334. The van der Waals surface area contributed by atoms with Crippen molar-refractivity contribution in [2.24, 2.45) is 0 Å². The van der Waals surface area contributed by atoms with E-state index in [1.807, 2.05) is 42.5 Å². The molecule has 2 heterocycles. The Balaban J connectivity index is 1.51. The summed E-state index contributed by atoms with van der Waals surface area (Å²) in [5.41, 5.74) is 2.77. The Morgan fingerprint density at radius 1 is 1.03 bits per heavy atom. The summed E-state index contributed by atoms with van der Waals surface area (Å²) in [7, 11) is 3.15. The van der Waals surface area contributed by atoms with Gasteiger partial charge in [-0.25, -0.2) is 0 Å². The van der Waals surface area contributed by atoms with Crippen LogP contribution in [0.1, 0.15) is 34.1 Å². The maximum Gasteiger partial charge on any atom is 0.260 e. The molecule has 3 aromatic rings. The number of pyridine rings is 1. The molecule has 158 valence electrons. The van der Waals surface area contributed by atoms with Crippen LogP contribution < -0.4 is 19.7 Å². The van der Waals surface area contributed by atoms with Crippen LogP contribution >= 0.6 is 0 Å². The number of para-hydroxylation sites is 1. The average Bonchev–Trinajstić information content (AvgIpc) is 3.09. The summed E-state index contributed by atoms with van der Waals surface area (Å²) in [6, 6.07) is 17.9. The first-order chi connectivity index (χ1) is 15.1. The molecule has 1 aliphatic heterocycles. The first-order valence-corrected chi connectivity index (χ1v) is 9.93. The second-order valence-corrected chi connectivity index (χ2v) is 7.13. The molecule has 4 rings (SSSR count). The third-order valence-corrected chi connectivity index (χ3v) is 5.27. The van der Waals surface area contributed by atoms with Gasteiger partial charge < -0.3 is 14.8 Å². The van der Waals surface area contributed by atoms with Gasteiger partial charge in [0.1, 0.15) is 0 Å². The van der Waals surface area contributed by atoms with Gasteiger partial charge in [0, 0.05) is 18.4 Å². The number of nitrogens with zero attached hydrogens (tertiary/aromatic N) is 2. The van der Waals surface area contributed by atoms with Crippen LogP contribution in [0.25, 0.3) is 0 Å². The smallest absolute Gasteiger partial charge is 0.260 e. The molecule has 2 aromatic carbocycles. The minimum atomic E-state index is -0.462. The molecule has 1 aromatic heterocycles. The highest BCUT2D eigenvalue weighted by atomic mass is 16.5. The molecule has 1 N–H and O–H groups in total. The minimum Gasteiger partial charge on any atom is -0.493 e. The van der Waals surface area contributed by atoms with Crippen molar-refractivity contribution in [3.05, 3.63) is 83.7 Å². The number of carbonyl (C=O) groups excluding carboxylic acids is 2. The van der Waals surface area contributed by atoms with E-state index in [0.29, 0.717) is 29.3 Å². The van der Waals surface area contributed by atoms with Gasteiger partial charge in [-0.15, -0.1) is 0 Å². The predicted molar refractivity (Wildman–Crippen MR) is 116 cm³/mol. The van der Waals surface area contributed by atoms with E-state index in [9.17, 15) is 9.59 Å². The number of ether oxygens (including phenoxy) is 2. The van der Waals surface area contributed by atoms with Gasteiger partial charge in [0.25, 0.3) is 5.91 Å². The van der Waals surface area contributed by atoms with Crippen molar-refractivity contribution in [2.75, 3.05) is 19.1 Å². The maximum atomic E-state index is 13.0. The quantitative estimate of drug-likeness (QED) is 0.636. The Kier molecular flexibility index (Phi) is 5.84. The number of amides is 2. The molecule has 1 aliphatic rings. The second-order valence-electron chi connectivity index (χ2n) is 7.13. The van der Waals surface area contributed by atoms with Crippen LogP contribution in [0.15, 0.2) is 66.9 Å². The van der Waals surface area contributed by atoms with E-state index < -0.39 is 6.04 Å².